The van der Waals surface area contributed by atoms with E-state index in [-0.39, 0.29) is 0 Å². The van der Waals surface area contributed by atoms with Gasteiger partial charge in [-0.15, -0.1) is 6.58 Å². The molecule has 1 aromatic carbocycles. The van der Waals surface area contributed by atoms with Gasteiger partial charge in [-0.25, -0.2) is 0 Å². The van der Waals surface area contributed by atoms with Crippen molar-refractivity contribution in [3.05, 3.63) is 54.4 Å². The van der Waals surface area contributed by atoms with Gasteiger partial charge in [-0.1, -0.05) is 36.4 Å². The summed E-state index contributed by atoms with van der Waals surface area (Å²) in [6.07, 6.45) is 2.06. The van der Waals surface area contributed by atoms with Crippen LogP contribution in [0.2, 0.25) is 0 Å². The topological polar surface area (TPSA) is 57.5 Å². The van der Waals surface area contributed by atoms with Crippen molar-refractivity contribution in [2.45, 2.75) is 6.42 Å². The highest BCUT2D eigenvalue weighted by Gasteiger charge is 2.11. The minimum atomic E-state index is -4.13. The third-order valence-corrected chi connectivity index (χ3v) is 2.48. The highest BCUT2D eigenvalue weighted by molar-refractivity contribution is 7.55. The van der Waals surface area contributed by atoms with Gasteiger partial charge in [0.25, 0.3) is 0 Å². The predicted octanol–water partition coefficient (Wildman–Crippen LogP) is 2.78. The molecule has 0 fully saturated rings. The van der Waals surface area contributed by atoms with Gasteiger partial charge in [-0.3, -0.25) is 4.57 Å². The molecular weight excluding hydrogens is 211 g/mol. The summed E-state index contributed by atoms with van der Waals surface area (Å²) in [5.74, 6) is 0.990. The molecule has 0 aliphatic rings. The van der Waals surface area contributed by atoms with Crippen molar-refractivity contribution in [3.8, 4) is 0 Å². The van der Waals surface area contributed by atoms with Crippen LogP contribution in [-0.2, 0) is 4.57 Å². The van der Waals surface area contributed by atoms with Gasteiger partial charge in [0.1, 0.15) is 0 Å². The van der Waals surface area contributed by atoms with Gasteiger partial charge in [0.2, 0.25) is 0 Å². The summed E-state index contributed by atoms with van der Waals surface area (Å²) in [7, 11) is -4.13. The number of benzene rings is 1. The average Bonchev–Trinajstić information content (AvgIpc) is 2.17. The maximum atomic E-state index is 10.9. The van der Waals surface area contributed by atoms with Gasteiger partial charge in [-0.2, -0.15) is 0 Å². The third kappa shape index (κ3) is 4.26. The number of hydrogen-bond donors (Lipinski definition) is 2. The molecule has 0 aliphatic heterocycles. The van der Waals surface area contributed by atoms with E-state index in [0.717, 1.165) is 11.4 Å². The molecule has 0 bridgehead atoms. The molecule has 0 saturated carbocycles. The Morgan fingerprint density at radius 1 is 1.33 bits per heavy atom. The third-order valence-electron chi connectivity index (χ3n) is 1.83. The first-order chi connectivity index (χ1) is 7.03. The molecule has 0 heterocycles. The molecule has 0 aromatic heterocycles. The first-order valence-corrected chi connectivity index (χ1v) is 6.14. The fraction of sp³-hybridized carbons (Fsp3) is 0.0909. The lowest BCUT2D eigenvalue weighted by Gasteiger charge is -2.05. The van der Waals surface area contributed by atoms with E-state index in [1.807, 2.05) is 30.3 Å². The highest BCUT2D eigenvalue weighted by atomic mass is 31.2. The number of rotatable bonds is 4. The lowest BCUT2D eigenvalue weighted by molar-refractivity contribution is 0.386. The Morgan fingerprint density at radius 2 is 1.93 bits per heavy atom. The summed E-state index contributed by atoms with van der Waals surface area (Å²) >= 11 is 0. The smallest absolute Gasteiger partial charge is 0.321 e. The summed E-state index contributed by atoms with van der Waals surface area (Å²) in [6, 6.07) is 9.13. The van der Waals surface area contributed by atoms with Gasteiger partial charge in [0, 0.05) is 5.82 Å². The van der Waals surface area contributed by atoms with E-state index in [2.05, 4.69) is 6.58 Å². The fourth-order valence-corrected chi connectivity index (χ4v) is 1.92. The average molecular weight is 224 g/mol. The molecule has 1 aromatic rings. The summed E-state index contributed by atoms with van der Waals surface area (Å²) in [5.41, 5.74) is 1.40. The van der Waals surface area contributed by atoms with Crippen LogP contribution < -0.4 is 0 Å². The molecule has 2 N–H and O–H groups in total. The van der Waals surface area contributed by atoms with Crippen molar-refractivity contribution < 1.29 is 14.4 Å². The van der Waals surface area contributed by atoms with E-state index < -0.39 is 7.60 Å². The van der Waals surface area contributed by atoms with E-state index in [1.165, 1.54) is 0 Å². The lowest BCUT2D eigenvalue weighted by Crippen LogP contribution is -1.83. The van der Waals surface area contributed by atoms with Gasteiger partial charge >= 0.3 is 7.60 Å². The quantitative estimate of drug-likeness (QED) is 0.610. The lowest BCUT2D eigenvalue weighted by atomic mass is 10.1. The molecule has 0 amide bonds. The maximum absolute atomic E-state index is 10.9. The minimum Gasteiger partial charge on any atom is -0.321 e. The van der Waals surface area contributed by atoms with Crippen molar-refractivity contribution >= 4 is 13.2 Å². The van der Waals surface area contributed by atoms with Crippen molar-refractivity contribution in [1.29, 1.82) is 0 Å². The molecule has 4 heteroatoms. The summed E-state index contributed by atoms with van der Waals surface area (Å²) in [6.45, 7) is 3.56. The summed E-state index contributed by atoms with van der Waals surface area (Å²) in [4.78, 5) is 17.8. The van der Waals surface area contributed by atoms with E-state index >= 15 is 0 Å². The Morgan fingerprint density at radius 3 is 2.40 bits per heavy atom. The standard InChI is InChI=1S/C11H13O3P/c1-2-6-11(9-15(12,13)14)10-7-4-3-5-8-10/h2-5,7-9H,1,6H2,(H2,12,13,14). The van der Waals surface area contributed by atoms with Crippen molar-refractivity contribution in [1.82, 2.24) is 0 Å². The zero-order valence-electron chi connectivity index (χ0n) is 8.21. The summed E-state index contributed by atoms with van der Waals surface area (Å²) < 4.78 is 10.9. The van der Waals surface area contributed by atoms with Crippen LogP contribution in [0.4, 0.5) is 0 Å². The normalized spacial score (nSPS) is 12.5. The molecule has 0 radical (unpaired) electrons. The van der Waals surface area contributed by atoms with Crippen LogP contribution in [0.3, 0.4) is 0 Å². The second kappa shape index (κ2) is 5.08. The molecule has 0 aliphatic carbocycles. The van der Waals surface area contributed by atoms with Crippen LogP contribution in [0.15, 0.2) is 48.8 Å². The Labute approximate surface area is 88.9 Å². The van der Waals surface area contributed by atoms with Crippen LogP contribution in [0, 0.1) is 0 Å². The zero-order chi connectivity index (χ0) is 11.3. The van der Waals surface area contributed by atoms with Crippen LogP contribution in [0.1, 0.15) is 12.0 Å². The van der Waals surface area contributed by atoms with Crippen LogP contribution in [0.25, 0.3) is 5.57 Å². The monoisotopic (exact) mass is 224 g/mol. The molecule has 1 rings (SSSR count). The van der Waals surface area contributed by atoms with Crippen LogP contribution in [-0.4, -0.2) is 9.79 Å². The first kappa shape index (κ1) is 11.9. The SMILES string of the molecule is C=CCC(=CP(=O)(O)O)c1ccccc1. The van der Waals surface area contributed by atoms with E-state index in [9.17, 15) is 4.57 Å². The fourth-order valence-electron chi connectivity index (χ4n) is 1.26. The van der Waals surface area contributed by atoms with E-state index in [4.69, 9.17) is 9.79 Å². The second-order valence-corrected chi connectivity index (χ2v) is 4.54. The second-order valence-electron chi connectivity index (χ2n) is 3.10. The van der Waals surface area contributed by atoms with Gasteiger partial charge in [0.05, 0.1) is 0 Å². The zero-order valence-corrected chi connectivity index (χ0v) is 9.10. The molecule has 15 heavy (non-hydrogen) atoms. The van der Waals surface area contributed by atoms with Crippen molar-refractivity contribution in [3.63, 3.8) is 0 Å². The van der Waals surface area contributed by atoms with Gasteiger partial charge in [-0.05, 0) is 17.6 Å². The Bertz CT molecular complexity index is 403. The Hall–Kier alpha value is -1.15. The largest absolute Gasteiger partial charge is 0.349 e. The van der Waals surface area contributed by atoms with Gasteiger partial charge in [0.15, 0.2) is 0 Å². The molecule has 80 valence electrons. The van der Waals surface area contributed by atoms with Crippen molar-refractivity contribution in [2.75, 3.05) is 0 Å². The van der Waals surface area contributed by atoms with E-state index in [1.54, 1.807) is 6.08 Å². The molecule has 0 saturated heterocycles. The summed E-state index contributed by atoms with van der Waals surface area (Å²) in [5, 5.41) is 0. The van der Waals surface area contributed by atoms with Crippen LogP contribution in [0.5, 0.6) is 0 Å². The van der Waals surface area contributed by atoms with E-state index in [0.29, 0.717) is 12.0 Å². The molecule has 0 spiro atoms. The first-order valence-electron chi connectivity index (χ1n) is 4.46. The predicted molar refractivity (Wildman–Crippen MR) is 61.3 cm³/mol. The minimum absolute atomic E-state index is 0.440. The molecule has 0 atom stereocenters. The number of allylic oxidation sites excluding steroid dienone is 2. The number of hydrogen-bond acceptors (Lipinski definition) is 1. The van der Waals surface area contributed by atoms with Crippen molar-refractivity contribution in [2.24, 2.45) is 0 Å². The molecule has 3 nitrogen and oxygen atoms in total. The van der Waals surface area contributed by atoms with Gasteiger partial charge < -0.3 is 9.79 Å². The maximum Gasteiger partial charge on any atom is 0.349 e. The Kier molecular flexibility index (Phi) is 4.04. The highest BCUT2D eigenvalue weighted by Crippen LogP contribution is 2.40. The molecule has 0 unspecified atom stereocenters. The molecular formula is C11H13O3P. The Balaban J connectivity index is 3.09. The van der Waals surface area contributed by atoms with Crippen LogP contribution >= 0.6 is 7.60 Å².